The largest absolute Gasteiger partial charge is 0.495 e. The number of amides is 2. The van der Waals surface area contributed by atoms with Crippen LogP contribution in [0.3, 0.4) is 0 Å². The average molecular weight is 431 g/mol. The van der Waals surface area contributed by atoms with Crippen molar-refractivity contribution >= 4 is 11.8 Å². The minimum atomic E-state index is -0.174. The molecule has 8 heteroatoms. The van der Waals surface area contributed by atoms with Crippen LogP contribution in [0.2, 0.25) is 0 Å². The van der Waals surface area contributed by atoms with Crippen molar-refractivity contribution in [1.82, 2.24) is 20.1 Å². The molecule has 2 amide bonds. The summed E-state index contributed by atoms with van der Waals surface area (Å²) in [6.45, 7) is 7.99. The number of piperidine rings is 1. The molecule has 4 rings (SSSR count). The minimum absolute atomic E-state index is 0.0434. The van der Waals surface area contributed by atoms with Gasteiger partial charge < -0.3 is 24.6 Å². The number of pyridine rings is 1. The number of hydrogen-bond acceptors (Lipinski definition) is 6. The zero-order chi connectivity index (χ0) is 22.0. The lowest BCUT2D eigenvalue weighted by Crippen LogP contribution is -2.55. The van der Waals surface area contributed by atoms with E-state index in [9.17, 15) is 9.59 Å². The fourth-order valence-corrected chi connectivity index (χ4v) is 5.16. The number of ether oxygens (including phenoxy) is 2. The van der Waals surface area contributed by atoms with Crippen molar-refractivity contribution in [2.24, 2.45) is 5.92 Å². The van der Waals surface area contributed by atoms with Gasteiger partial charge in [0.25, 0.3) is 5.91 Å². The van der Waals surface area contributed by atoms with E-state index in [4.69, 9.17) is 14.5 Å². The maximum Gasteiger partial charge on any atom is 0.255 e. The molecule has 170 valence electrons. The third-order valence-electron chi connectivity index (χ3n) is 6.81. The first-order chi connectivity index (χ1) is 15.0. The number of unbranched alkanes of at least 4 members (excludes halogenated alkanes) is 1. The molecule has 3 fully saturated rings. The predicted octanol–water partition coefficient (Wildman–Crippen LogP) is 1.66. The van der Waals surface area contributed by atoms with E-state index in [0.29, 0.717) is 50.2 Å². The summed E-state index contributed by atoms with van der Waals surface area (Å²) in [4.78, 5) is 34.5. The molecule has 1 aromatic heterocycles. The van der Waals surface area contributed by atoms with Crippen molar-refractivity contribution in [3.05, 3.63) is 23.5 Å². The van der Waals surface area contributed by atoms with Crippen LogP contribution < -0.4 is 10.1 Å². The molecule has 0 aromatic carbocycles. The Balaban J connectivity index is 1.61. The highest BCUT2D eigenvalue weighted by atomic mass is 16.5. The molecule has 1 N–H and O–H groups in total. The monoisotopic (exact) mass is 430 g/mol. The van der Waals surface area contributed by atoms with E-state index in [1.54, 1.807) is 18.2 Å². The number of likely N-dealkylation sites (tertiary alicyclic amines) is 1. The molecule has 3 aliphatic heterocycles. The zero-order valence-corrected chi connectivity index (χ0v) is 18.8. The van der Waals surface area contributed by atoms with Crippen LogP contribution in [0.1, 0.15) is 55.1 Å². The van der Waals surface area contributed by atoms with E-state index in [2.05, 4.69) is 19.2 Å². The Labute approximate surface area is 184 Å². The summed E-state index contributed by atoms with van der Waals surface area (Å²) in [5.41, 5.74) is 1.38. The van der Waals surface area contributed by atoms with Gasteiger partial charge in [0.1, 0.15) is 5.75 Å². The first-order valence-electron chi connectivity index (χ1n) is 11.5. The van der Waals surface area contributed by atoms with Gasteiger partial charge >= 0.3 is 0 Å². The molecule has 1 aromatic rings. The molecule has 0 aliphatic carbocycles. The van der Waals surface area contributed by atoms with Gasteiger partial charge in [-0.1, -0.05) is 13.3 Å². The van der Waals surface area contributed by atoms with E-state index < -0.39 is 0 Å². The van der Waals surface area contributed by atoms with Crippen molar-refractivity contribution in [1.29, 1.82) is 0 Å². The summed E-state index contributed by atoms with van der Waals surface area (Å²) in [6.07, 6.45) is 4.64. The summed E-state index contributed by atoms with van der Waals surface area (Å²) in [5, 5.41) is 3.49. The number of aromatic nitrogens is 1. The third-order valence-corrected chi connectivity index (χ3v) is 6.81. The molecular weight excluding hydrogens is 396 g/mol. The summed E-state index contributed by atoms with van der Waals surface area (Å²) >= 11 is 0. The number of nitrogens with one attached hydrogen (secondary N) is 1. The van der Waals surface area contributed by atoms with Gasteiger partial charge in [0, 0.05) is 44.3 Å². The van der Waals surface area contributed by atoms with Gasteiger partial charge in [0.2, 0.25) is 5.91 Å². The quantitative estimate of drug-likeness (QED) is 0.739. The molecule has 31 heavy (non-hydrogen) atoms. The highest BCUT2D eigenvalue weighted by Gasteiger charge is 2.48. The van der Waals surface area contributed by atoms with Crippen molar-refractivity contribution in [2.45, 2.75) is 51.1 Å². The Bertz CT molecular complexity index is 811. The molecule has 4 heterocycles. The Kier molecular flexibility index (Phi) is 6.77. The lowest BCUT2D eigenvalue weighted by molar-refractivity contribution is -0.138. The van der Waals surface area contributed by atoms with Gasteiger partial charge in [-0.3, -0.25) is 14.6 Å². The maximum atomic E-state index is 13.1. The van der Waals surface area contributed by atoms with Crippen LogP contribution in [0.15, 0.2) is 12.3 Å². The van der Waals surface area contributed by atoms with Crippen LogP contribution in [0.25, 0.3) is 0 Å². The number of morpholine rings is 1. The third kappa shape index (κ3) is 4.41. The number of hydrogen-bond donors (Lipinski definition) is 1. The van der Waals surface area contributed by atoms with Crippen LogP contribution in [-0.4, -0.2) is 85.2 Å². The summed E-state index contributed by atoms with van der Waals surface area (Å²) in [5.74, 6) is 1.06. The lowest BCUT2D eigenvalue weighted by atomic mass is 9.78. The highest BCUT2D eigenvalue weighted by molar-refractivity contribution is 5.94. The maximum absolute atomic E-state index is 13.1. The second-order valence-electron chi connectivity index (χ2n) is 8.91. The Hall–Kier alpha value is -2.19. The zero-order valence-electron chi connectivity index (χ0n) is 18.8. The number of fused-ring (bicyclic) bond motifs is 1. The molecule has 0 spiro atoms. The molecule has 3 saturated heterocycles. The standard InChI is InChI=1S/C23H34N4O4/c1-4-5-6-27-14-18(17-11-15(2)25-21(17)23(27)29)20-19(30-3)12-16(13-24-20)22(28)26-7-9-31-10-8-26/h12-13,15,17-18,21,25H,4-11,14H2,1-3H3. The fraction of sp³-hybridized carbons (Fsp3) is 0.696. The highest BCUT2D eigenvalue weighted by Crippen LogP contribution is 2.42. The van der Waals surface area contributed by atoms with E-state index in [1.807, 2.05) is 11.0 Å². The smallest absolute Gasteiger partial charge is 0.255 e. The van der Waals surface area contributed by atoms with Gasteiger partial charge in [-0.2, -0.15) is 0 Å². The average Bonchev–Trinajstić information content (AvgIpc) is 3.20. The summed E-state index contributed by atoms with van der Waals surface area (Å²) < 4.78 is 11.1. The van der Waals surface area contributed by atoms with Crippen molar-refractivity contribution in [2.75, 3.05) is 46.5 Å². The molecular formula is C23H34N4O4. The van der Waals surface area contributed by atoms with Gasteiger partial charge in [-0.05, 0) is 31.7 Å². The minimum Gasteiger partial charge on any atom is -0.495 e. The SMILES string of the molecule is CCCCN1CC(c2ncc(C(=O)N3CCOCC3)cc2OC)C2CC(C)NC2C1=O. The second kappa shape index (κ2) is 9.53. The molecule has 8 nitrogen and oxygen atoms in total. The van der Waals surface area contributed by atoms with Gasteiger partial charge in [-0.25, -0.2) is 0 Å². The van der Waals surface area contributed by atoms with Crippen LogP contribution in [-0.2, 0) is 9.53 Å². The predicted molar refractivity (Wildman–Crippen MR) is 116 cm³/mol. The lowest BCUT2D eigenvalue weighted by Gasteiger charge is -2.40. The second-order valence-corrected chi connectivity index (χ2v) is 8.91. The number of carbonyl (C=O) groups is 2. The van der Waals surface area contributed by atoms with Gasteiger partial charge in [0.05, 0.1) is 37.6 Å². The normalized spacial score (nSPS) is 28.5. The van der Waals surface area contributed by atoms with Gasteiger partial charge in [-0.15, -0.1) is 0 Å². The van der Waals surface area contributed by atoms with Crippen molar-refractivity contribution < 1.29 is 19.1 Å². The summed E-state index contributed by atoms with van der Waals surface area (Å²) in [7, 11) is 1.62. The molecule has 4 unspecified atom stereocenters. The van der Waals surface area contributed by atoms with E-state index in [0.717, 1.165) is 31.5 Å². The van der Waals surface area contributed by atoms with Crippen LogP contribution >= 0.6 is 0 Å². The molecule has 4 atom stereocenters. The number of rotatable bonds is 6. The van der Waals surface area contributed by atoms with Gasteiger partial charge in [0.15, 0.2) is 0 Å². The van der Waals surface area contributed by atoms with Crippen molar-refractivity contribution in [3.8, 4) is 5.75 Å². The van der Waals surface area contributed by atoms with Crippen molar-refractivity contribution in [3.63, 3.8) is 0 Å². The molecule has 3 aliphatic rings. The van der Waals surface area contributed by atoms with Crippen LogP contribution in [0.4, 0.5) is 0 Å². The van der Waals surface area contributed by atoms with E-state index in [1.165, 1.54) is 0 Å². The topological polar surface area (TPSA) is 84.0 Å². The molecule has 0 radical (unpaired) electrons. The Morgan fingerprint density at radius 1 is 1.35 bits per heavy atom. The Morgan fingerprint density at radius 3 is 2.84 bits per heavy atom. The molecule has 0 bridgehead atoms. The first kappa shape index (κ1) is 22.0. The van der Waals surface area contributed by atoms with E-state index in [-0.39, 0.29) is 29.7 Å². The Morgan fingerprint density at radius 2 is 2.13 bits per heavy atom. The molecule has 0 saturated carbocycles. The van der Waals surface area contributed by atoms with E-state index >= 15 is 0 Å². The number of carbonyl (C=O) groups excluding carboxylic acids is 2. The fourth-order valence-electron chi connectivity index (χ4n) is 5.16. The number of methoxy groups -OCH3 is 1. The van der Waals surface area contributed by atoms with Crippen LogP contribution in [0.5, 0.6) is 5.75 Å². The van der Waals surface area contributed by atoms with Crippen LogP contribution in [0, 0.1) is 5.92 Å². The summed E-state index contributed by atoms with van der Waals surface area (Å²) in [6, 6.07) is 1.93. The number of nitrogens with zero attached hydrogens (tertiary/aromatic N) is 3. The first-order valence-corrected chi connectivity index (χ1v) is 11.5.